The van der Waals surface area contributed by atoms with E-state index in [2.05, 4.69) is 5.10 Å². The minimum absolute atomic E-state index is 0.234. The number of ether oxygens (including phenoxy) is 1. The molecule has 6 nitrogen and oxygen atoms in total. The van der Waals surface area contributed by atoms with E-state index in [-0.39, 0.29) is 18.0 Å². The molecule has 0 aliphatic rings. The van der Waals surface area contributed by atoms with Crippen molar-refractivity contribution in [2.24, 2.45) is 0 Å². The number of carboxylic acid groups (broad SMARTS) is 1. The van der Waals surface area contributed by atoms with Crippen molar-refractivity contribution in [3.63, 3.8) is 0 Å². The van der Waals surface area contributed by atoms with E-state index in [1.165, 1.54) is 11.8 Å². The average Bonchev–Trinajstić information content (AvgIpc) is 2.88. The number of hydrogen-bond donors (Lipinski definition) is 1. The first kappa shape index (κ1) is 16.5. The van der Waals surface area contributed by atoms with Gasteiger partial charge in [0, 0.05) is 11.5 Å². The zero-order chi connectivity index (χ0) is 17.0. The molecule has 0 aliphatic carbocycles. The van der Waals surface area contributed by atoms with E-state index in [4.69, 9.17) is 9.84 Å². The Morgan fingerprint density at radius 1 is 1.39 bits per heavy atom. The summed E-state index contributed by atoms with van der Waals surface area (Å²) in [6.45, 7) is 3.24. The van der Waals surface area contributed by atoms with Crippen LogP contribution in [0.4, 0.5) is 0 Å². The number of benzene rings is 1. The van der Waals surface area contributed by atoms with E-state index in [1.54, 1.807) is 37.3 Å². The van der Waals surface area contributed by atoms with Gasteiger partial charge in [-0.05, 0) is 31.6 Å². The molecule has 0 atom stereocenters. The molecule has 0 bridgehead atoms. The second-order valence-corrected chi connectivity index (χ2v) is 4.99. The molecule has 0 spiro atoms. The van der Waals surface area contributed by atoms with Crippen LogP contribution in [0.25, 0.3) is 10.9 Å². The van der Waals surface area contributed by atoms with E-state index in [0.717, 1.165) is 0 Å². The average molecular weight is 314 g/mol. The molecule has 0 fully saturated rings. The molecular weight excluding hydrogens is 296 g/mol. The van der Waals surface area contributed by atoms with Gasteiger partial charge in [0.1, 0.15) is 18.0 Å². The topological polar surface area (TPSA) is 81.4 Å². The van der Waals surface area contributed by atoms with Gasteiger partial charge < -0.3 is 9.84 Å². The van der Waals surface area contributed by atoms with Crippen molar-refractivity contribution in [2.45, 2.75) is 20.4 Å². The molecule has 0 saturated heterocycles. The number of hydrogen-bond acceptors (Lipinski definition) is 4. The molecule has 0 aliphatic heterocycles. The molecule has 23 heavy (non-hydrogen) atoms. The first-order valence-electron chi connectivity index (χ1n) is 7.08. The summed E-state index contributed by atoms with van der Waals surface area (Å²) < 4.78 is 6.46. The van der Waals surface area contributed by atoms with Gasteiger partial charge in [-0.1, -0.05) is 18.2 Å². The van der Waals surface area contributed by atoms with Gasteiger partial charge in [-0.2, -0.15) is 5.10 Å². The normalized spacial score (nSPS) is 12.0. The van der Waals surface area contributed by atoms with Crippen LogP contribution in [0.2, 0.25) is 0 Å². The number of allylic oxidation sites excluding steroid dienone is 4. The minimum atomic E-state index is -1.03. The number of carbonyl (C=O) groups is 2. The number of rotatable bonds is 6. The Morgan fingerprint density at radius 3 is 2.74 bits per heavy atom. The maximum Gasteiger partial charge on any atom is 0.325 e. The van der Waals surface area contributed by atoms with E-state index < -0.39 is 5.97 Å². The van der Waals surface area contributed by atoms with Crippen molar-refractivity contribution < 1.29 is 19.4 Å². The molecule has 0 amide bonds. The quantitative estimate of drug-likeness (QED) is 0.504. The Morgan fingerprint density at radius 2 is 2.13 bits per heavy atom. The number of fused-ring (bicyclic) bond motifs is 1. The van der Waals surface area contributed by atoms with Gasteiger partial charge in [-0.25, -0.2) is 0 Å². The number of aromatic nitrogens is 2. The third kappa shape index (κ3) is 3.48. The lowest BCUT2D eigenvalue weighted by atomic mass is 10.1. The van der Waals surface area contributed by atoms with Crippen molar-refractivity contribution in [2.75, 3.05) is 7.11 Å². The Labute approximate surface area is 133 Å². The monoisotopic (exact) mass is 314 g/mol. The van der Waals surface area contributed by atoms with Crippen molar-refractivity contribution in [3.05, 3.63) is 47.7 Å². The summed E-state index contributed by atoms with van der Waals surface area (Å²) in [7, 11) is 1.52. The molecule has 2 aromatic rings. The largest absolute Gasteiger partial charge is 0.497 e. The summed E-state index contributed by atoms with van der Waals surface area (Å²) in [6, 6.07) is 5.11. The van der Waals surface area contributed by atoms with Crippen LogP contribution in [0.3, 0.4) is 0 Å². The molecule has 2 rings (SSSR count). The van der Waals surface area contributed by atoms with Gasteiger partial charge in [0.15, 0.2) is 0 Å². The SMILES string of the molecule is C/C=C\C=C(/C)C(=O)c1nn(CC(=O)O)c2cc(OC)ccc12. The predicted octanol–water partition coefficient (Wildman–Crippen LogP) is 2.83. The van der Waals surface area contributed by atoms with Crippen LogP contribution in [0.15, 0.2) is 42.0 Å². The maximum atomic E-state index is 12.6. The zero-order valence-electron chi connectivity index (χ0n) is 13.2. The van der Waals surface area contributed by atoms with Gasteiger partial charge in [-0.15, -0.1) is 0 Å². The third-order valence-corrected chi connectivity index (χ3v) is 3.36. The Kier molecular flexibility index (Phi) is 4.95. The molecule has 1 heterocycles. The first-order chi connectivity index (χ1) is 11.0. The van der Waals surface area contributed by atoms with Gasteiger partial charge in [0.2, 0.25) is 5.78 Å². The molecule has 120 valence electrons. The fraction of sp³-hybridized carbons (Fsp3) is 0.235. The Bertz CT molecular complexity index is 815. The van der Waals surface area contributed by atoms with Crippen LogP contribution in [0.1, 0.15) is 24.3 Å². The van der Waals surface area contributed by atoms with Crippen LogP contribution in [-0.2, 0) is 11.3 Å². The summed E-state index contributed by atoms with van der Waals surface area (Å²) in [6.07, 6.45) is 5.30. The van der Waals surface area contributed by atoms with Crippen LogP contribution in [0.5, 0.6) is 5.75 Å². The fourth-order valence-corrected chi connectivity index (χ4v) is 2.20. The van der Waals surface area contributed by atoms with E-state index >= 15 is 0 Å². The zero-order valence-corrected chi connectivity index (χ0v) is 13.2. The summed E-state index contributed by atoms with van der Waals surface area (Å²) >= 11 is 0. The van der Waals surface area contributed by atoms with Gasteiger partial charge in [0.05, 0.1) is 12.6 Å². The predicted molar refractivity (Wildman–Crippen MR) is 86.8 cm³/mol. The van der Waals surface area contributed by atoms with Gasteiger partial charge in [-0.3, -0.25) is 14.3 Å². The number of carboxylic acids is 1. The number of nitrogens with zero attached hydrogens (tertiary/aromatic N) is 2. The van der Waals surface area contributed by atoms with Crippen LogP contribution < -0.4 is 4.74 Å². The third-order valence-electron chi connectivity index (χ3n) is 3.36. The minimum Gasteiger partial charge on any atom is -0.497 e. The van der Waals surface area contributed by atoms with E-state index in [9.17, 15) is 9.59 Å². The molecule has 1 aromatic carbocycles. The molecule has 0 unspecified atom stereocenters. The Balaban J connectivity index is 2.60. The highest BCUT2D eigenvalue weighted by Gasteiger charge is 2.19. The van der Waals surface area contributed by atoms with Gasteiger partial charge in [0.25, 0.3) is 0 Å². The van der Waals surface area contributed by atoms with Crippen molar-refractivity contribution in [3.8, 4) is 5.75 Å². The second-order valence-electron chi connectivity index (χ2n) is 4.99. The summed E-state index contributed by atoms with van der Waals surface area (Å²) in [4.78, 5) is 23.6. The lowest BCUT2D eigenvalue weighted by Gasteiger charge is -2.02. The van der Waals surface area contributed by atoms with Crippen molar-refractivity contribution >= 4 is 22.7 Å². The number of Topliss-reactive ketones (excluding diaryl/α,β-unsaturated/α-hetero) is 1. The number of aliphatic carboxylic acids is 1. The van der Waals surface area contributed by atoms with E-state index in [0.29, 0.717) is 22.2 Å². The van der Waals surface area contributed by atoms with Crippen LogP contribution >= 0.6 is 0 Å². The van der Waals surface area contributed by atoms with Crippen LogP contribution in [0, 0.1) is 0 Å². The number of methoxy groups -OCH3 is 1. The summed E-state index contributed by atoms with van der Waals surface area (Å²) in [5, 5.41) is 13.8. The Hall–Kier alpha value is -2.89. The van der Waals surface area contributed by atoms with Crippen LogP contribution in [-0.4, -0.2) is 33.7 Å². The lowest BCUT2D eigenvalue weighted by molar-refractivity contribution is -0.137. The summed E-state index contributed by atoms with van der Waals surface area (Å²) in [5.74, 6) is -0.691. The molecule has 0 radical (unpaired) electrons. The molecule has 6 heteroatoms. The standard InChI is InChI=1S/C17H18N2O4/c1-4-5-6-11(2)17(22)16-13-8-7-12(23-3)9-14(13)19(18-16)10-15(20)21/h4-9H,10H2,1-3H3,(H,20,21)/b5-4-,11-6+. The van der Waals surface area contributed by atoms with Crippen molar-refractivity contribution in [1.29, 1.82) is 0 Å². The van der Waals surface area contributed by atoms with Gasteiger partial charge >= 0.3 is 5.97 Å². The second kappa shape index (κ2) is 6.91. The smallest absolute Gasteiger partial charge is 0.325 e. The molecule has 1 aromatic heterocycles. The highest BCUT2D eigenvalue weighted by Crippen LogP contribution is 2.25. The highest BCUT2D eigenvalue weighted by atomic mass is 16.5. The fourth-order valence-electron chi connectivity index (χ4n) is 2.20. The van der Waals surface area contributed by atoms with E-state index in [1.807, 2.05) is 13.0 Å². The summed E-state index contributed by atoms with van der Waals surface area (Å²) in [5.41, 5.74) is 1.32. The molecular formula is C17H18N2O4. The van der Waals surface area contributed by atoms with Crippen molar-refractivity contribution in [1.82, 2.24) is 9.78 Å². The first-order valence-corrected chi connectivity index (χ1v) is 7.08. The number of ketones is 1. The maximum absolute atomic E-state index is 12.6. The highest BCUT2D eigenvalue weighted by molar-refractivity contribution is 6.14. The molecule has 1 N–H and O–H groups in total. The molecule has 0 saturated carbocycles. The lowest BCUT2D eigenvalue weighted by Crippen LogP contribution is -2.11. The number of carbonyl (C=O) groups excluding carboxylic acids is 1.